The van der Waals surface area contributed by atoms with Gasteiger partial charge in [-0.1, -0.05) is 19.1 Å². The number of nitrogens with two attached hydrogens (primary N) is 1. The average Bonchev–Trinajstić information content (AvgIpc) is 2.29. The predicted octanol–water partition coefficient (Wildman–Crippen LogP) is 2.29. The molecule has 2 rings (SSSR count). The van der Waals surface area contributed by atoms with Crippen LogP contribution in [0.5, 0.6) is 0 Å². The van der Waals surface area contributed by atoms with Gasteiger partial charge in [-0.05, 0) is 24.6 Å². The number of hydrogen-bond acceptors (Lipinski definition) is 3. The van der Waals surface area contributed by atoms with E-state index in [-0.39, 0.29) is 0 Å². The Balaban J connectivity index is 2.44. The summed E-state index contributed by atoms with van der Waals surface area (Å²) in [6, 6.07) is 9.54. The van der Waals surface area contributed by atoms with Gasteiger partial charge in [0, 0.05) is 23.1 Å². The third-order valence-electron chi connectivity index (χ3n) is 2.22. The van der Waals surface area contributed by atoms with Crippen LogP contribution in [0.4, 0.5) is 5.69 Å². The van der Waals surface area contributed by atoms with Crippen molar-refractivity contribution in [3.05, 3.63) is 42.2 Å². The van der Waals surface area contributed by atoms with Gasteiger partial charge in [-0.3, -0.25) is 0 Å². The van der Waals surface area contributed by atoms with E-state index >= 15 is 0 Å². The standard InChI is InChI=1S/C12H13N3/c1-2-11-6-7-14-12(15-11)9-4-3-5-10(13)8-9/h3-8H,2,13H2,1H3. The highest BCUT2D eigenvalue weighted by Gasteiger charge is 2.01. The van der Waals surface area contributed by atoms with E-state index in [1.807, 2.05) is 30.3 Å². The van der Waals surface area contributed by atoms with Crippen molar-refractivity contribution in [1.29, 1.82) is 0 Å². The number of aromatic nitrogens is 2. The zero-order valence-electron chi connectivity index (χ0n) is 8.64. The van der Waals surface area contributed by atoms with Crippen LogP contribution in [0.2, 0.25) is 0 Å². The first kappa shape index (κ1) is 9.65. The first-order chi connectivity index (χ1) is 7.29. The number of nitrogen functional groups attached to an aromatic ring is 1. The van der Waals surface area contributed by atoms with Gasteiger partial charge in [-0.2, -0.15) is 0 Å². The quantitative estimate of drug-likeness (QED) is 0.755. The van der Waals surface area contributed by atoms with Gasteiger partial charge >= 0.3 is 0 Å². The van der Waals surface area contributed by atoms with Gasteiger partial charge in [-0.25, -0.2) is 9.97 Å². The molecule has 0 atom stereocenters. The summed E-state index contributed by atoms with van der Waals surface area (Å²) in [4.78, 5) is 8.67. The monoisotopic (exact) mass is 199 g/mol. The molecule has 0 aliphatic carbocycles. The molecule has 1 heterocycles. The lowest BCUT2D eigenvalue weighted by atomic mass is 10.2. The fraction of sp³-hybridized carbons (Fsp3) is 0.167. The molecule has 0 saturated heterocycles. The van der Waals surface area contributed by atoms with Gasteiger partial charge in [0.2, 0.25) is 0 Å². The van der Waals surface area contributed by atoms with Crippen molar-refractivity contribution in [2.45, 2.75) is 13.3 Å². The van der Waals surface area contributed by atoms with E-state index in [1.165, 1.54) is 0 Å². The third kappa shape index (κ3) is 2.13. The highest BCUT2D eigenvalue weighted by Crippen LogP contribution is 2.17. The van der Waals surface area contributed by atoms with Crippen molar-refractivity contribution in [2.24, 2.45) is 0 Å². The zero-order valence-corrected chi connectivity index (χ0v) is 8.64. The minimum atomic E-state index is 0.734. The average molecular weight is 199 g/mol. The molecule has 76 valence electrons. The van der Waals surface area contributed by atoms with Crippen LogP contribution in [-0.2, 0) is 6.42 Å². The first-order valence-corrected chi connectivity index (χ1v) is 4.97. The maximum absolute atomic E-state index is 5.71. The SMILES string of the molecule is CCc1ccnc(-c2cccc(N)c2)n1. The molecular weight excluding hydrogens is 186 g/mol. The van der Waals surface area contributed by atoms with Crippen LogP contribution in [0, 0.1) is 0 Å². The van der Waals surface area contributed by atoms with Crippen LogP contribution >= 0.6 is 0 Å². The summed E-state index contributed by atoms with van der Waals surface area (Å²) in [5, 5.41) is 0. The number of nitrogens with zero attached hydrogens (tertiary/aromatic N) is 2. The summed E-state index contributed by atoms with van der Waals surface area (Å²) in [7, 11) is 0. The van der Waals surface area contributed by atoms with Gasteiger partial charge in [0.1, 0.15) is 0 Å². The molecule has 2 aromatic rings. The predicted molar refractivity (Wildman–Crippen MR) is 61.3 cm³/mol. The van der Waals surface area contributed by atoms with Crippen LogP contribution < -0.4 is 5.73 Å². The highest BCUT2D eigenvalue weighted by molar-refractivity contribution is 5.60. The van der Waals surface area contributed by atoms with E-state index in [9.17, 15) is 0 Å². The lowest BCUT2D eigenvalue weighted by molar-refractivity contribution is 1.01. The zero-order chi connectivity index (χ0) is 10.7. The molecule has 3 heteroatoms. The van der Waals surface area contributed by atoms with Crippen LogP contribution in [0.25, 0.3) is 11.4 Å². The molecular formula is C12H13N3. The third-order valence-corrected chi connectivity index (χ3v) is 2.22. The Hall–Kier alpha value is -1.90. The lowest BCUT2D eigenvalue weighted by Crippen LogP contribution is -1.94. The largest absolute Gasteiger partial charge is 0.399 e. The minimum Gasteiger partial charge on any atom is -0.399 e. The molecule has 0 unspecified atom stereocenters. The summed E-state index contributed by atoms with van der Waals surface area (Å²) in [6.45, 7) is 2.07. The van der Waals surface area contributed by atoms with Crippen LogP contribution in [0.15, 0.2) is 36.5 Å². The molecule has 1 aromatic carbocycles. The molecule has 1 aromatic heterocycles. The molecule has 0 radical (unpaired) electrons. The van der Waals surface area contributed by atoms with Gasteiger partial charge in [0.05, 0.1) is 0 Å². The first-order valence-electron chi connectivity index (χ1n) is 4.97. The second kappa shape index (κ2) is 4.09. The fourth-order valence-corrected chi connectivity index (χ4v) is 1.41. The molecule has 0 fully saturated rings. The van der Waals surface area contributed by atoms with E-state index in [0.29, 0.717) is 0 Å². The van der Waals surface area contributed by atoms with Gasteiger partial charge in [-0.15, -0.1) is 0 Å². The van der Waals surface area contributed by atoms with E-state index in [0.717, 1.165) is 29.2 Å². The van der Waals surface area contributed by atoms with Crippen molar-refractivity contribution in [3.63, 3.8) is 0 Å². The normalized spacial score (nSPS) is 10.2. The Morgan fingerprint density at radius 1 is 1.27 bits per heavy atom. The summed E-state index contributed by atoms with van der Waals surface area (Å²) < 4.78 is 0. The summed E-state index contributed by atoms with van der Waals surface area (Å²) in [5.41, 5.74) is 8.45. The Kier molecular flexibility index (Phi) is 2.63. The smallest absolute Gasteiger partial charge is 0.159 e. The topological polar surface area (TPSA) is 51.8 Å². The van der Waals surface area contributed by atoms with Gasteiger partial charge in [0.15, 0.2) is 5.82 Å². The number of aryl methyl sites for hydroxylation is 1. The van der Waals surface area contributed by atoms with Crippen molar-refractivity contribution >= 4 is 5.69 Å². The molecule has 0 aliphatic rings. The Bertz CT molecular complexity index is 466. The molecule has 0 amide bonds. The summed E-state index contributed by atoms with van der Waals surface area (Å²) in [5.74, 6) is 0.738. The maximum atomic E-state index is 5.71. The number of anilines is 1. The Morgan fingerprint density at radius 2 is 2.13 bits per heavy atom. The van der Waals surface area contributed by atoms with Crippen molar-refractivity contribution < 1.29 is 0 Å². The molecule has 0 bridgehead atoms. The molecule has 0 saturated carbocycles. The molecule has 0 aliphatic heterocycles. The second-order valence-corrected chi connectivity index (χ2v) is 3.35. The van der Waals surface area contributed by atoms with E-state index in [2.05, 4.69) is 16.9 Å². The molecule has 3 nitrogen and oxygen atoms in total. The minimum absolute atomic E-state index is 0.734. The van der Waals surface area contributed by atoms with Crippen molar-refractivity contribution in [3.8, 4) is 11.4 Å². The fourth-order valence-electron chi connectivity index (χ4n) is 1.41. The molecule has 0 spiro atoms. The summed E-state index contributed by atoms with van der Waals surface area (Å²) >= 11 is 0. The second-order valence-electron chi connectivity index (χ2n) is 3.35. The number of benzene rings is 1. The van der Waals surface area contributed by atoms with Gasteiger partial charge < -0.3 is 5.73 Å². The van der Waals surface area contributed by atoms with Crippen LogP contribution in [0.1, 0.15) is 12.6 Å². The Labute approximate surface area is 89.0 Å². The van der Waals surface area contributed by atoms with Gasteiger partial charge in [0.25, 0.3) is 0 Å². The van der Waals surface area contributed by atoms with Crippen LogP contribution in [-0.4, -0.2) is 9.97 Å². The van der Waals surface area contributed by atoms with E-state index in [1.54, 1.807) is 6.20 Å². The number of rotatable bonds is 2. The highest BCUT2D eigenvalue weighted by atomic mass is 14.9. The molecule has 2 N–H and O–H groups in total. The molecule has 15 heavy (non-hydrogen) atoms. The number of hydrogen-bond donors (Lipinski definition) is 1. The van der Waals surface area contributed by atoms with E-state index in [4.69, 9.17) is 5.73 Å². The van der Waals surface area contributed by atoms with Crippen molar-refractivity contribution in [1.82, 2.24) is 9.97 Å². The van der Waals surface area contributed by atoms with E-state index < -0.39 is 0 Å². The van der Waals surface area contributed by atoms with Crippen molar-refractivity contribution in [2.75, 3.05) is 5.73 Å². The maximum Gasteiger partial charge on any atom is 0.159 e. The van der Waals surface area contributed by atoms with Crippen LogP contribution in [0.3, 0.4) is 0 Å². The Morgan fingerprint density at radius 3 is 2.87 bits per heavy atom. The lowest BCUT2D eigenvalue weighted by Gasteiger charge is -2.02. The summed E-state index contributed by atoms with van der Waals surface area (Å²) in [6.07, 6.45) is 2.70.